The highest BCUT2D eigenvalue weighted by Crippen LogP contribution is 2.24. The fraction of sp³-hybridized carbons (Fsp3) is 0.474. The Morgan fingerprint density at radius 1 is 1.08 bits per heavy atom. The van der Waals surface area contributed by atoms with Gasteiger partial charge in [-0.2, -0.15) is 0 Å². The Kier molecular flexibility index (Phi) is 5.93. The smallest absolute Gasteiger partial charge is 0.240 e. The number of hydrogen-bond acceptors (Lipinski definition) is 4. The van der Waals surface area contributed by atoms with E-state index in [1.807, 2.05) is 18.2 Å². The Morgan fingerprint density at radius 3 is 2.56 bits per heavy atom. The molecular formula is C19H25NO4S. The van der Waals surface area contributed by atoms with Gasteiger partial charge in [-0.25, -0.2) is 13.1 Å². The van der Waals surface area contributed by atoms with E-state index in [0.717, 1.165) is 29.4 Å². The number of fused-ring (bicyclic) bond motifs is 1. The summed E-state index contributed by atoms with van der Waals surface area (Å²) in [6, 6.07) is 10.7. The van der Waals surface area contributed by atoms with Crippen LogP contribution in [0.15, 0.2) is 41.3 Å². The first-order valence-corrected chi connectivity index (χ1v) is 10.3. The van der Waals surface area contributed by atoms with Gasteiger partial charge < -0.3 is 9.47 Å². The maximum absolute atomic E-state index is 12.4. The normalized spacial score (nSPS) is 15.7. The minimum atomic E-state index is -3.50. The molecule has 0 amide bonds. The maximum atomic E-state index is 12.4. The van der Waals surface area contributed by atoms with Crippen molar-refractivity contribution in [3.63, 3.8) is 0 Å². The predicted octanol–water partition coefficient (Wildman–Crippen LogP) is 3.48. The van der Waals surface area contributed by atoms with Crippen LogP contribution >= 0.6 is 0 Å². The highest BCUT2D eigenvalue weighted by Gasteiger charge is 2.16. The Hall–Kier alpha value is -1.63. The number of hydrogen-bond donors (Lipinski definition) is 1. The highest BCUT2D eigenvalue weighted by molar-refractivity contribution is 7.89. The molecule has 0 atom stereocenters. The number of sulfonamides is 1. The molecule has 136 valence electrons. The molecule has 0 aromatic heterocycles. The first-order chi connectivity index (χ1) is 12.1. The summed E-state index contributed by atoms with van der Waals surface area (Å²) in [7, 11) is -1.89. The van der Waals surface area contributed by atoms with E-state index in [-0.39, 0.29) is 4.90 Å². The Bertz CT molecular complexity index is 813. The molecule has 0 bridgehead atoms. The van der Waals surface area contributed by atoms with Crippen molar-refractivity contribution in [1.82, 2.24) is 4.72 Å². The SMILES string of the molecule is COc1ccc2cc(S(=O)(=O)NCCCOC3CCCC3)ccc2c1. The molecule has 1 fully saturated rings. The molecule has 0 radical (unpaired) electrons. The van der Waals surface area contributed by atoms with Crippen molar-refractivity contribution in [3.8, 4) is 5.75 Å². The van der Waals surface area contributed by atoms with E-state index in [2.05, 4.69) is 4.72 Å². The zero-order chi connectivity index (χ0) is 17.7. The van der Waals surface area contributed by atoms with Crippen LogP contribution in [0.4, 0.5) is 0 Å². The van der Waals surface area contributed by atoms with E-state index in [9.17, 15) is 8.42 Å². The van der Waals surface area contributed by atoms with Crippen LogP contribution in [0.1, 0.15) is 32.1 Å². The standard InChI is InChI=1S/C19H25NO4S/c1-23-18-9-7-16-14-19(10-8-15(16)13-18)25(21,22)20-11-4-12-24-17-5-2-3-6-17/h7-10,13-14,17,20H,2-6,11-12H2,1H3. The van der Waals surface area contributed by atoms with E-state index < -0.39 is 10.0 Å². The Labute approximate surface area is 149 Å². The molecule has 0 unspecified atom stereocenters. The molecule has 0 heterocycles. The lowest BCUT2D eigenvalue weighted by atomic mass is 10.1. The van der Waals surface area contributed by atoms with Gasteiger partial charge in [0.25, 0.3) is 0 Å². The van der Waals surface area contributed by atoms with Crippen molar-refractivity contribution >= 4 is 20.8 Å². The molecule has 5 nitrogen and oxygen atoms in total. The first kappa shape index (κ1) is 18.2. The minimum absolute atomic E-state index is 0.280. The van der Waals surface area contributed by atoms with Crippen molar-refractivity contribution in [2.75, 3.05) is 20.3 Å². The van der Waals surface area contributed by atoms with Crippen molar-refractivity contribution in [2.45, 2.75) is 43.1 Å². The zero-order valence-electron chi connectivity index (χ0n) is 14.5. The third-order valence-corrected chi connectivity index (χ3v) is 6.06. The van der Waals surface area contributed by atoms with Crippen molar-refractivity contribution in [3.05, 3.63) is 36.4 Å². The number of methoxy groups -OCH3 is 1. The summed E-state index contributed by atoms with van der Waals surface area (Å²) in [5.74, 6) is 0.753. The quantitative estimate of drug-likeness (QED) is 0.729. The molecule has 2 aromatic rings. The molecular weight excluding hydrogens is 338 g/mol. The average Bonchev–Trinajstić information content (AvgIpc) is 3.14. The summed E-state index contributed by atoms with van der Waals surface area (Å²) >= 11 is 0. The summed E-state index contributed by atoms with van der Waals surface area (Å²) in [4.78, 5) is 0.280. The number of rotatable bonds is 8. The van der Waals surface area contributed by atoms with Gasteiger partial charge in [-0.05, 0) is 54.3 Å². The van der Waals surface area contributed by atoms with Crippen LogP contribution in [0.5, 0.6) is 5.75 Å². The Morgan fingerprint density at radius 2 is 1.80 bits per heavy atom. The van der Waals surface area contributed by atoms with Gasteiger partial charge in [-0.3, -0.25) is 0 Å². The van der Waals surface area contributed by atoms with Gasteiger partial charge >= 0.3 is 0 Å². The molecule has 1 saturated carbocycles. The van der Waals surface area contributed by atoms with Gasteiger partial charge in [0.15, 0.2) is 0 Å². The van der Waals surface area contributed by atoms with E-state index >= 15 is 0 Å². The summed E-state index contributed by atoms with van der Waals surface area (Å²) < 4.78 is 38.5. The zero-order valence-corrected chi connectivity index (χ0v) is 15.3. The third kappa shape index (κ3) is 4.71. The average molecular weight is 363 g/mol. The number of ether oxygens (including phenoxy) is 2. The molecule has 2 aromatic carbocycles. The fourth-order valence-electron chi connectivity index (χ4n) is 3.16. The molecule has 6 heteroatoms. The van der Waals surface area contributed by atoms with E-state index in [0.29, 0.717) is 25.7 Å². The maximum Gasteiger partial charge on any atom is 0.240 e. The largest absolute Gasteiger partial charge is 0.497 e. The van der Waals surface area contributed by atoms with Crippen LogP contribution in [0.2, 0.25) is 0 Å². The number of benzene rings is 2. The van der Waals surface area contributed by atoms with Gasteiger partial charge in [0.2, 0.25) is 10.0 Å². The first-order valence-electron chi connectivity index (χ1n) is 8.77. The lowest BCUT2D eigenvalue weighted by Gasteiger charge is -2.11. The van der Waals surface area contributed by atoms with Crippen LogP contribution in [0.25, 0.3) is 10.8 Å². The summed E-state index contributed by atoms with van der Waals surface area (Å²) in [5.41, 5.74) is 0. The Balaban J connectivity index is 1.56. The topological polar surface area (TPSA) is 64.6 Å². The lowest BCUT2D eigenvalue weighted by Crippen LogP contribution is -2.26. The molecule has 1 aliphatic carbocycles. The fourth-order valence-corrected chi connectivity index (χ4v) is 4.27. The molecule has 0 aliphatic heterocycles. The van der Waals surface area contributed by atoms with E-state index in [4.69, 9.17) is 9.47 Å². The molecule has 1 aliphatic rings. The minimum Gasteiger partial charge on any atom is -0.497 e. The van der Waals surface area contributed by atoms with Crippen molar-refractivity contribution < 1.29 is 17.9 Å². The molecule has 3 rings (SSSR count). The molecule has 1 N–H and O–H groups in total. The highest BCUT2D eigenvalue weighted by atomic mass is 32.2. The third-order valence-electron chi connectivity index (χ3n) is 4.60. The van der Waals surface area contributed by atoms with Crippen LogP contribution < -0.4 is 9.46 Å². The van der Waals surface area contributed by atoms with E-state index in [1.165, 1.54) is 12.8 Å². The van der Waals surface area contributed by atoms with Gasteiger partial charge in [-0.15, -0.1) is 0 Å². The van der Waals surface area contributed by atoms with Gasteiger partial charge in [-0.1, -0.05) is 25.0 Å². The summed E-state index contributed by atoms with van der Waals surface area (Å²) in [6.07, 6.45) is 5.80. The molecule has 0 saturated heterocycles. The second kappa shape index (κ2) is 8.17. The van der Waals surface area contributed by atoms with Crippen molar-refractivity contribution in [2.24, 2.45) is 0 Å². The summed E-state index contributed by atoms with van der Waals surface area (Å²) in [6.45, 7) is 0.987. The second-order valence-corrected chi connectivity index (χ2v) is 8.17. The van der Waals surface area contributed by atoms with Gasteiger partial charge in [0.1, 0.15) is 5.75 Å². The van der Waals surface area contributed by atoms with Crippen molar-refractivity contribution in [1.29, 1.82) is 0 Å². The lowest BCUT2D eigenvalue weighted by molar-refractivity contribution is 0.0575. The summed E-state index contributed by atoms with van der Waals surface area (Å²) in [5, 5.41) is 1.82. The van der Waals surface area contributed by atoms with Crippen LogP contribution in [-0.2, 0) is 14.8 Å². The molecule has 25 heavy (non-hydrogen) atoms. The van der Waals surface area contributed by atoms with Gasteiger partial charge in [0.05, 0.1) is 18.1 Å². The monoisotopic (exact) mass is 363 g/mol. The van der Waals surface area contributed by atoms with E-state index in [1.54, 1.807) is 25.3 Å². The van der Waals surface area contributed by atoms with Crippen LogP contribution in [-0.4, -0.2) is 34.8 Å². The second-order valence-electron chi connectivity index (χ2n) is 6.40. The number of nitrogens with one attached hydrogen (secondary N) is 1. The predicted molar refractivity (Wildman–Crippen MR) is 98.5 cm³/mol. The van der Waals surface area contributed by atoms with Gasteiger partial charge in [0, 0.05) is 13.2 Å². The molecule has 0 spiro atoms. The van der Waals surface area contributed by atoms with Crippen LogP contribution in [0, 0.1) is 0 Å². The van der Waals surface area contributed by atoms with Crippen LogP contribution in [0.3, 0.4) is 0 Å².